The van der Waals surface area contributed by atoms with Crippen molar-refractivity contribution in [3.63, 3.8) is 0 Å². The first-order valence-electron chi connectivity index (χ1n) is 5.11. The van der Waals surface area contributed by atoms with Crippen LogP contribution in [0.4, 0.5) is 5.69 Å². The van der Waals surface area contributed by atoms with Crippen LogP contribution in [-0.2, 0) is 0 Å². The third kappa shape index (κ3) is 2.22. The first-order valence-corrected chi connectivity index (χ1v) is 5.11. The smallest absolute Gasteiger partial charge is 0.371 e. The van der Waals surface area contributed by atoms with Crippen molar-refractivity contribution in [3.05, 3.63) is 48.2 Å². The number of carboxylic acid groups (broad SMARTS) is 1. The topological polar surface area (TPSA) is 83.6 Å². The monoisotopic (exact) mass is 246 g/mol. The fourth-order valence-corrected chi connectivity index (χ4v) is 1.42. The molecule has 0 bridgehead atoms. The summed E-state index contributed by atoms with van der Waals surface area (Å²) in [5.74, 6) is -1.91. The molecule has 1 amide bonds. The van der Waals surface area contributed by atoms with Crippen molar-refractivity contribution in [1.82, 2.24) is 4.98 Å². The Morgan fingerprint density at radius 3 is 2.33 bits per heavy atom. The van der Waals surface area contributed by atoms with Crippen LogP contribution in [0.15, 0.2) is 41.1 Å². The van der Waals surface area contributed by atoms with Gasteiger partial charge in [-0.25, -0.2) is 4.79 Å². The minimum absolute atomic E-state index is 0.0216. The molecule has 92 valence electrons. The first kappa shape index (κ1) is 11.8. The summed E-state index contributed by atoms with van der Waals surface area (Å²) in [5, 5.41) is 8.71. The van der Waals surface area contributed by atoms with E-state index < -0.39 is 11.9 Å². The largest absolute Gasteiger partial charge is 0.475 e. The molecule has 0 fully saturated rings. The molecule has 0 aliphatic heterocycles. The molecule has 6 heteroatoms. The molecule has 2 heterocycles. The van der Waals surface area contributed by atoms with Crippen molar-refractivity contribution < 1.29 is 19.1 Å². The molecule has 0 aliphatic carbocycles. The fraction of sp³-hybridized carbons (Fsp3) is 0.0833. The van der Waals surface area contributed by atoms with Crippen LogP contribution >= 0.6 is 0 Å². The van der Waals surface area contributed by atoms with E-state index in [9.17, 15) is 9.59 Å². The number of rotatable bonds is 3. The van der Waals surface area contributed by atoms with Gasteiger partial charge in [-0.3, -0.25) is 9.78 Å². The summed E-state index contributed by atoms with van der Waals surface area (Å²) in [6, 6.07) is 5.91. The summed E-state index contributed by atoms with van der Waals surface area (Å²) in [5.41, 5.74) is 0.642. The number of amides is 1. The standard InChI is InChI=1S/C12H10N2O4/c1-14(8-4-6-13-7-5-8)11(15)9-2-3-10(18-9)12(16)17/h2-7H,1H3,(H,16,17). The van der Waals surface area contributed by atoms with Gasteiger partial charge in [-0.15, -0.1) is 0 Å². The van der Waals surface area contributed by atoms with Gasteiger partial charge in [0.2, 0.25) is 5.76 Å². The molecule has 2 aromatic rings. The lowest BCUT2D eigenvalue weighted by molar-refractivity contribution is 0.0660. The molecule has 0 saturated heterocycles. The van der Waals surface area contributed by atoms with E-state index in [0.717, 1.165) is 0 Å². The zero-order chi connectivity index (χ0) is 13.1. The van der Waals surface area contributed by atoms with Crippen LogP contribution in [0.3, 0.4) is 0 Å². The van der Waals surface area contributed by atoms with Crippen molar-refractivity contribution in [3.8, 4) is 0 Å². The maximum atomic E-state index is 12.0. The molecular formula is C12H10N2O4. The van der Waals surface area contributed by atoms with E-state index in [1.54, 1.807) is 31.6 Å². The quantitative estimate of drug-likeness (QED) is 0.890. The Labute approximate surface area is 102 Å². The highest BCUT2D eigenvalue weighted by atomic mass is 16.4. The van der Waals surface area contributed by atoms with Crippen LogP contribution in [0.25, 0.3) is 0 Å². The lowest BCUT2D eigenvalue weighted by Crippen LogP contribution is -2.25. The number of carbonyl (C=O) groups is 2. The number of aromatic carboxylic acids is 1. The average molecular weight is 246 g/mol. The molecule has 0 radical (unpaired) electrons. The minimum atomic E-state index is -1.21. The number of carbonyl (C=O) groups excluding carboxylic acids is 1. The maximum Gasteiger partial charge on any atom is 0.371 e. The summed E-state index contributed by atoms with van der Waals surface area (Å²) in [6.45, 7) is 0. The second kappa shape index (κ2) is 4.70. The normalized spacial score (nSPS) is 10.1. The summed E-state index contributed by atoms with van der Waals surface area (Å²) in [7, 11) is 1.57. The summed E-state index contributed by atoms with van der Waals surface area (Å²) < 4.78 is 4.94. The number of nitrogens with zero attached hydrogens (tertiary/aromatic N) is 2. The second-order valence-corrected chi connectivity index (χ2v) is 3.54. The number of hydrogen-bond donors (Lipinski definition) is 1. The Morgan fingerprint density at radius 1 is 1.17 bits per heavy atom. The van der Waals surface area contributed by atoms with Crippen LogP contribution < -0.4 is 4.90 Å². The average Bonchev–Trinajstić information content (AvgIpc) is 2.88. The zero-order valence-corrected chi connectivity index (χ0v) is 9.53. The van der Waals surface area contributed by atoms with Crippen LogP contribution in [0, 0.1) is 0 Å². The van der Waals surface area contributed by atoms with Crippen LogP contribution in [0.1, 0.15) is 21.1 Å². The van der Waals surface area contributed by atoms with E-state index in [-0.39, 0.29) is 11.5 Å². The van der Waals surface area contributed by atoms with Gasteiger partial charge in [-0.2, -0.15) is 0 Å². The van der Waals surface area contributed by atoms with Crippen molar-refractivity contribution >= 4 is 17.6 Å². The highest BCUT2D eigenvalue weighted by Gasteiger charge is 2.19. The molecule has 0 atom stereocenters. The van der Waals surface area contributed by atoms with E-state index in [1.807, 2.05) is 0 Å². The van der Waals surface area contributed by atoms with Crippen molar-refractivity contribution in [2.75, 3.05) is 11.9 Å². The third-order valence-corrected chi connectivity index (χ3v) is 2.38. The Kier molecular flexibility index (Phi) is 3.09. The predicted molar refractivity (Wildman–Crippen MR) is 62.6 cm³/mol. The number of hydrogen-bond acceptors (Lipinski definition) is 4. The van der Waals surface area contributed by atoms with E-state index in [0.29, 0.717) is 5.69 Å². The van der Waals surface area contributed by atoms with Gasteiger partial charge in [-0.05, 0) is 24.3 Å². The second-order valence-electron chi connectivity index (χ2n) is 3.54. The summed E-state index contributed by atoms with van der Waals surface area (Å²) in [4.78, 5) is 27.9. The highest BCUT2D eigenvalue weighted by molar-refractivity contribution is 6.04. The number of carboxylic acids is 1. The Bertz CT molecular complexity index is 577. The van der Waals surface area contributed by atoms with Crippen molar-refractivity contribution in [1.29, 1.82) is 0 Å². The SMILES string of the molecule is CN(C(=O)c1ccc(C(=O)O)o1)c1ccncc1. The van der Waals surface area contributed by atoms with Crippen molar-refractivity contribution in [2.24, 2.45) is 0 Å². The van der Waals surface area contributed by atoms with Gasteiger partial charge >= 0.3 is 5.97 Å². The Balaban J connectivity index is 2.23. The molecule has 0 saturated carbocycles. The highest BCUT2D eigenvalue weighted by Crippen LogP contribution is 2.16. The Morgan fingerprint density at radius 2 is 1.78 bits per heavy atom. The van der Waals surface area contributed by atoms with Gasteiger partial charge in [0.1, 0.15) is 0 Å². The first-order chi connectivity index (χ1) is 8.59. The van der Waals surface area contributed by atoms with Crippen LogP contribution in [0.2, 0.25) is 0 Å². The molecule has 0 aliphatic rings. The minimum Gasteiger partial charge on any atom is -0.475 e. The molecular weight excluding hydrogens is 236 g/mol. The number of pyridine rings is 1. The molecule has 1 N–H and O–H groups in total. The number of aromatic nitrogens is 1. The number of furan rings is 1. The molecule has 0 spiro atoms. The lowest BCUT2D eigenvalue weighted by Gasteiger charge is -2.15. The van der Waals surface area contributed by atoms with Gasteiger partial charge in [0.25, 0.3) is 5.91 Å². The van der Waals surface area contributed by atoms with Gasteiger partial charge in [-0.1, -0.05) is 0 Å². The number of anilines is 1. The van der Waals surface area contributed by atoms with Crippen LogP contribution in [-0.4, -0.2) is 29.0 Å². The Hall–Kier alpha value is -2.63. The molecule has 18 heavy (non-hydrogen) atoms. The van der Waals surface area contributed by atoms with E-state index in [4.69, 9.17) is 9.52 Å². The molecule has 0 aromatic carbocycles. The molecule has 6 nitrogen and oxygen atoms in total. The van der Waals surface area contributed by atoms with Gasteiger partial charge < -0.3 is 14.4 Å². The third-order valence-electron chi connectivity index (χ3n) is 2.38. The van der Waals surface area contributed by atoms with E-state index in [1.165, 1.54) is 17.0 Å². The van der Waals surface area contributed by atoms with Gasteiger partial charge in [0.05, 0.1) is 0 Å². The van der Waals surface area contributed by atoms with Gasteiger partial charge in [0, 0.05) is 25.1 Å². The van der Waals surface area contributed by atoms with E-state index >= 15 is 0 Å². The summed E-state index contributed by atoms with van der Waals surface area (Å²) in [6.07, 6.45) is 3.12. The molecule has 2 aromatic heterocycles. The lowest BCUT2D eigenvalue weighted by atomic mass is 10.3. The van der Waals surface area contributed by atoms with Crippen LogP contribution in [0.5, 0.6) is 0 Å². The zero-order valence-electron chi connectivity index (χ0n) is 9.53. The molecule has 2 rings (SSSR count). The predicted octanol–water partition coefficient (Wildman–Crippen LogP) is 1.65. The fourth-order valence-electron chi connectivity index (χ4n) is 1.42. The molecule has 0 unspecified atom stereocenters. The van der Waals surface area contributed by atoms with Gasteiger partial charge in [0.15, 0.2) is 5.76 Å². The summed E-state index contributed by atoms with van der Waals surface area (Å²) >= 11 is 0. The van der Waals surface area contributed by atoms with E-state index in [2.05, 4.69) is 4.98 Å². The van der Waals surface area contributed by atoms with Crippen molar-refractivity contribution in [2.45, 2.75) is 0 Å². The maximum absolute atomic E-state index is 12.0.